The largest absolute Gasteiger partial charge is 0.360 e. The Hall–Kier alpha value is -2.32. The number of fused-ring (bicyclic) bond motifs is 1. The molecule has 0 radical (unpaired) electrons. The Labute approximate surface area is 174 Å². The maximum Gasteiger partial charge on any atom is 0.280 e. The maximum absolute atomic E-state index is 14.8. The molecule has 0 aliphatic carbocycles. The molecule has 1 unspecified atom stereocenters. The highest BCUT2D eigenvalue weighted by Gasteiger charge is 2.44. The molecule has 2 N–H and O–H groups in total. The predicted molar refractivity (Wildman–Crippen MR) is 112 cm³/mol. The van der Waals surface area contributed by atoms with Crippen LogP contribution in [-0.4, -0.2) is 56.7 Å². The third-order valence-electron chi connectivity index (χ3n) is 5.39. The van der Waals surface area contributed by atoms with Crippen LogP contribution in [0.3, 0.4) is 0 Å². The van der Waals surface area contributed by atoms with Crippen LogP contribution in [0.2, 0.25) is 0 Å². The van der Waals surface area contributed by atoms with Gasteiger partial charge in [-0.3, -0.25) is 10.00 Å². The molecule has 29 heavy (non-hydrogen) atoms. The first-order chi connectivity index (χ1) is 13.5. The molecular weight excluding hydrogens is 398 g/mol. The average molecular weight is 423 g/mol. The summed E-state index contributed by atoms with van der Waals surface area (Å²) >= 11 is 0. The highest BCUT2D eigenvalue weighted by Crippen LogP contribution is 2.31. The zero-order valence-corrected chi connectivity index (χ0v) is 17.1. The summed E-state index contributed by atoms with van der Waals surface area (Å²) in [6.45, 7) is 3.12. The van der Waals surface area contributed by atoms with E-state index >= 15 is 0 Å². The SMILES string of the molecule is CCc1ccc(CCN2CCC(Nc3ncnc4[nH]ncc34)C(F)(F)C2)cc1.Cl. The van der Waals surface area contributed by atoms with Gasteiger partial charge in [-0.05, 0) is 30.4 Å². The van der Waals surface area contributed by atoms with Gasteiger partial charge in [0.15, 0.2) is 5.65 Å². The van der Waals surface area contributed by atoms with Gasteiger partial charge in [0.2, 0.25) is 0 Å². The van der Waals surface area contributed by atoms with Crippen LogP contribution >= 0.6 is 12.4 Å². The van der Waals surface area contributed by atoms with Crippen molar-refractivity contribution in [1.82, 2.24) is 25.1 Å². The number of benzene rings is 1. The van der Waals surface area contributed by atoms with E-state index < -0.39 is 12.0 Å². The van der Waals surface area contributed by atoms with E-state index in [-0.39, 0.29) is 19.0 Å². The van der Waals surface area contributed by atoms with E-state index in [1.807, 2.05) is 4.90 Å². The number of halogens is 3. The molecule has 0 bridgehead atoms. The Morgan fingerprint density at radius 2 is 1.97 bits per heavy atom. The van der Waals surface area contributed by atoms with Gasteiger partial charge in [-0.1, -0.05) is 31.2 Å². The first-order valence-corrected chi connectivity index (χ1v) is 9.64. The minimum Gasteiger partial charge on any atom is -0.360 e. The van der Waals surface area contributed by atoms with Crippen LogP contribution in [-0.2, 0) is 12.8 Å². The van der Waals surface area contributed by atoms with Crippen molar-refractivity contribution < 1.29 is 8.78 Å². The second-order valence-corrected chi connectivity index (χ2v) is 7.30. The van der Waals surface area contributed by atoms with Crippen molar-refractivity contribution in [2.45, 2.75) is 38.2 Å². The number of alkyl halides is 2. The lowest BCUT2D eigenvalue weighted by atomic mass is 9.99. The molecule has 1 aliphatic heterocycles. The second kappa shape index (κ2) is 9.00. The lowest BCUT2D eigenvalue weighted by molar-refractivity contribution is -0.0734. The van der Waals surface area contributed by atoms with Crippen LogP contribution in [0, 0.1) is 0 Å². The maximum atomic E-state index is 14.8. The van der Waals surface area contributed by atoms with Crippen molar-refractivity contribution in [3.05, 3.63) is 47.9 Å². The van der Waals surface area contributed by atoms with Crippen molar-refractivity contribution in [2.24, 2.45) is 0 Å². The Balaban J connectivity index is 0.00000240. The molecule has 0 spiro atoms. The molecule has 1 fully saturated rings. The normalized spacial score (nSPS) is 19.1. The summed E-state index contributed by atoms with van der Waals surface area (Å²) in [7, 11) is 0. The fourth-order valence-corrected chi connectivity index (χ4v) is 3.65. The fraction of sp³-hybridized carbons (Fsp3) is 0.450. The molecule has 4 rings (SSSR count). The number of anilines is 1. The van der Waals surface area contributed by atoms with Gasteiger partial charge in [-0.25, -0.2) is 18.7 Å². The van der Waals surface area contributed by atoms with Crippen molar-refractivity contribution >= 4 is 29.3 Å². The number of aryl methyl sites for hydroxylation is 1. The predicted octanol–water partition coefficient (Wildman–Crippen LogP) is 3.70. The van der Waals surface area contributed by atoms with E-state index in [2.05, 4.69) is 56.7 Å². The van der Waals surface area contributed by atoms with Crippen LogP contribution in [0.1, 0.15) is 24.5 Å². The van der Waals surface area contributed by atoms with Crippen molar-refractivity contribution in [3.63, 3.8) is 0 Å². The van der Waals surface area contributed by atoms with Gasteiger partial charge in [0.05, 0.1) is 24.2 Å². The number of H-pyrrole nitrogens is 1. The number of aromatic nitrogens is 4. The number of aromatic amines is 1. The zero-order valence-electron chi connectivity index (χ0n) is 16.2. The lowest BCUT2D eigenvalue weighted by Crippen LogP contribution is -2.54. The van der Waals surface area contributed by atoms with Gasteiger partial charge in [0, 0.05) is 13.1 Å². The standard InChI is InChI=1S/C20H24F2N6.ClH/c1-2-14-3-5-15(6-4-14)7-9-28-10-8-17(20(21,22)12-28)26-18-16-11-25-27-19(16)24-13-23-18;/h3-6,11,13,17H,2,7-10,12H2,1H3,(H2,23,24,25,26,27);1H. The number of likely N-dealkylation sites (tertiary alicyclic amines) is 1. The van der Waals surface area contributed by atoms with Crippen LogP contribution in [0.4, 0.5) is 14.6 Å². The molecule has 156 valence electrons. The third kappa shape index (κ3) is 4.82. The van der Waals surface area contributed by atoms with E-state index in [1.54, 1.807) is 6.20 Å². The molecule has 1 atom stereocenters. The van der Waals surface area contributed by atoms with Crippen LogP contribution in [0.15, 0.2) is 36.8 Å². The average Bonchev–Trinajstić information content (AvgIpc) is 3.18. The molecule has 3 aromatic rings. The molecule has 0 saturated carbocycles. The van der Waals surface area contributed by atoms with Crippen molar-refractivity contribution in [2.75, 3.05) is 25.0 Å². The minimum absolute atomic E-state index is 0. The van der Waals surface area contributed by atoms with Gasteiger partial charge in [-0.15, -0.1) is 12.4 Å². The van der Waals surface area contributed by atoms with Gasteiger partial charge in [0.25, 0.3) is 5.92 Å². The van der Waals surface area contributed by atoms with Gasteiger partial charge in [-0.2, -0.15) is 5.10 Å². The summed E-state index contributed by atoms with van der Waals surface area (Å²) in [6.07, 6.45) is 5.03. The fourth-order valence-electron chi connectivity index (χ4n) is 3.65. The third-order valence-corrected chi connectivity index (χ3v) is 5.39. The smallest absolute Gasteiger partial charge is 0.280 e. The van der Waals surface area contributed by atoms with Crippen LogP contribution in [0.25, 0.3) is 11.0 Å². The Morgan fingerprint density at radius 1 is 1.21 bits per heavy atom. The second-order valence-electron chi connectivity index (χ2n) is 7.30. The van der Waals surface area contributed by atoms with Gasteiger partial charge >= 0.3 is 0 Å². The molecular formula is C20H25ClF2N6. The molecule has 6 nitrogen and oxygen atoms in total. The monoisotopic (exact) mass is 422 g/mol. The lowest BCUT2D eigenvalue weighted by Gasteiger charge is -2.38. The molecule has 1 aliphatic rings. The summed E-state index contributed by atoms with van der Waals surface area (Å²) in [5.74, 6) is -2.45. The highest BCUT2D eigenvalue weighted by molar-refractivity contribution is 5.86. The number of piperidine rings is 1. The van der Waals surface area contributed by atoms with Crippen LogP contribution < -0.4 is 5.32 Å². The van der Waals surface area contributed by atoms with E-state index in [9.17, 15) is 8.78 Å². The number of hydrogen-bond donors (Lipinski definition) is 2. The Kier molecular flexibility index (Phi) is 6.64. The molecule has 0 amide bonds. The summed E-state index contributed by atoms with van der Waals surface area (Å²) in [5, 5.41) is 10.2. The molecule has 9 heteroatoms. The number of nitrogens with zero attached hydrogens (tertiary/aromatic N) is 4. The molecule has 1 aromatic carbocycles. The van der Waals surface area contributed by atoms with E-state index in [0.717, 1.165) is 12.8 Å². The molecule has 1 saturated heterocycles. The van der Waals surface area contributed by atoms with E-state index in [0.29, 0.717) is 36.4 Å². The molecule has 3 heterocycles. The number of hydrogen-bond acceptors (Lipinski definition) is 5. The summed E-state index contributed by atoms with van der Waals surface area (Å²) < 4.78 is 29.6. The summed E-state index contributed by atoms with van der Waals surface area (Å²) in [4.78, 5) is 10.0. The number of rotatable bonds is 6. The van der Waals surface area contributed by atoms with Gasteiger partial charge in [0.1, 0.15) is 12.1 Å². The summed E-state index contributed by atoms with van der Waals surface area (Å²) in [6, 6.07) is 7.45. The van der Waals surface area contributed by atoms with Crippen LogP contribution in [0.5, 0.6) is 0 Å². The Morgan fingerprint density at radius 3 is 2.69 bits per heavy atom. The van der Waals surface area contributed by atoms with E-state index in [1.165, 1.54) is 17.5 Å². The summed E-state index contributed by atoms with van der Waals surface area (Å²) in [5.41, 5.74) is 3.01. The zero-order chi connectivity index (χ0) is 19.6. The number of nitrogens with one attached hydrogen (secondary N) is 2. The van der Waals surface area contributed by atoms with Crippen molar-refractivity contribution in [3.8, 4) is 0 Å². The van der Waals surface area contributed by atoms with Crippen molar-refractivity contribution in [1.29, 1.82) is 0 Å². The minimum atomic E-state index is -2.84. The topological polar surface area (TPSA) is 69.7 Å². The highest BCUT2D eigenvalue weighted by atomic mass is 35.5. The first-order valence-electron chi connectivity index (χ1n) is 9.64. The van der Waals surface area contributed by atoms with Gasteiger partial charge < -0.3 is 5.32 Å². The molecule has 2 aromatic heterocycles. The van der Waals surface area contributed by atoms with E-state index in [4.69, 9.17) is 0 Å². The first kappa shape index (κ1) is 21.4. The quantitative estimate of drug-likeness (QED) is 0.633. The Bertz CT molecular complexity index is 930.